The van der Waals surface area contributed by atoms with Gasteiger partial charge in [-0.15, -0.1) is 17.0 Å². The molecular formula is C7H11BrN2O4. The second-order valence-corrected chi connectivity index (χ2v) is 2.72. The number of nitrogens with zero attached hydrogens (tertiary/aromatic N) is 2. The standard InChI is InChI=1S/C7H10N2O4.BrH/c10-6(11)3-8-1-2-9(5-8)4-7(12)13;/h1-2H,3-5H2,(H,10,11)(H,12,13);1H. The Morgan fingerprint density at radius 2 is 1.43 bits per heavy atom. The van der Waals surface area contributed by atoms with E-state index in [1.54, 1.807) is 12.4 Å². The van der Waals surface area contributed by atoms with Crippen LogP contribution in [0.25, 0.3) is 0 Å². The van der Waals surface area contributed by atoms with Crippen molar-refractivity contribution in [2.75, 3.05) is 19.8 Å². The number of carbonyl (C=O) groups is 2. The average molecular weight is 267 g/mol. The summed E-state index contributed by atoms with van der Waals surface area (Å²) < 4.78 is 0. The number of carboxylic acids is 2. The molecule has 1 aliphatic heterocycles. The van der Waals surface area contributed by atoms with Crippen LogP contribution in [-0.4, -0.2) is 51.7 Å². The predicted octanol–water partition coefficient (Wildman–Crippen LogP) is -0.220. The third-order valence-corrected chi connectivity index (χ3v) is 1.53. The van der Waals surface area contributed by atoms with Crippen LogP contribution in [0.15, 0.2) is 12.4 Å². The molecule has 1 rings (SSSR count). The van der Waals surface area contributed by atoms with Gasteiger partial charge in [-0.05, 0) is 0 Å². The fourth-order valence-electron chi connectivity index (χ4n) is 1.07. The molecule has 1 aliphatic rings. The van der Waals surface area contributed by atoms with E-state index >= 15 is 0 Å². The molecule has 0 unspecified atom stereocenters. The van der Waals surface area contributed by atoms with E-state index in [1.807, 2.05) is 0 Å². The summed E-state index contributed by atoms with van der Waals surface area (Å²) in [6.45, 7) is 0.109. The Hall–Kier alpha value is -1.24. The second-order valence-electron chi connectivity index (χ2n) is 2.72. The van der Waals surface area contributed by atoms with Crippen LogP contribution in [0.2, 0.25) is 0 Å². The maximum absolute atomic E-state index is 10.3. The minimum Gasteiger partial charge on any atom is -0.480 e. The van der Waals surface area contributed by atoms with Gasteiger partial charge in [0.05, 0.1) is 6.67 Å². The topological polar surface area (TPSA) is 81.1 Å². The van der Waals surface area contributed by atoms with Gasteiger partial charge in [-0.2, -0.15) is 0 Å². The van der Waals surface area contributed by atoms with E-state index in [2.05, 4.69) is 0 Å². The Kier molecular flexibility index (Phi) is 5.00. The first-order chi connectivity index (χ1) is 6.08. The SMILES string of the molecule is Br.O=C(O)CN1C=CN(CC(=O)O)C1. The molecule has 6 nitrogen and oxygen atoms in total. The number of rotatable bonds is 4. The van der Waals surface area contributed by atoms with Crippen LogP contribution >= 0.6 is 17.0 Å². The third kappa shape index (κ3) is 4.13. The maximum Gasteiger partial charge on any atom is 0.323 e. The van der Waals surface area contributed by atoms with Gasteiger partial charge in [0, 0.05) is 12.4 Å². The van der Waals surface area contributed by atoms with Gasteiger partial charge in [0.1, 0.15) is 13.1 Å². The Bertz CT molecular complexity index is 232. The molecular weight excluding hydrogens is 256 g/mol. The van der Waals surface area contributed by atoms with Gasteiger partial charge in [0.25, 0.3) is 0 Å². The molecule has 0 aliphatic carbocycles. The highest BCUT2D eigenvalue weighted by molar-refractivity contribution is 8.93. The van der Waals surface area contributed by atoms with E-state index in [4.69, 9.17) is 10.2 Å². The van der Waals surface area contributed by atoms with Crippen LogP contribution in [0.1, 0.15) is 0 Å². The zero-order valence-corrected chi connectivity index (χ0v) is 9.00. The summed E-state index contributed by atoms with van der Waals surface area (Å²) in [6.07, 6.45) is 3.13. The van der Waals surface area contributed by atoms with E-state index in [0.29, 0.717) is 6.67 Å². The summed E-state index contributed by atoms with van der Waals surface area (Å²) in [4.78, 5) is 23.6. The molecule has 0 aromatic rings. The van der Waals surface area contributed by atoms with Crippen LogP contribution < -0.4 is 0 Å². The normalized spacial score (nSPS) is 14.0. The molecule has 0 aromatic carbocycles. The zero-order valence-electron chi connectivity index (χ0n) is 7.29. The largest absolute Gasteiger partial charge is 0.480 e. The lowest BCUT2D eigenvalue weighted by Crippen LogP contribution is -2.32. The first-order valence-corrected chi connectivity index (χ1v) is 3.68. The first-order valence-electron chi connectivity index (χ1n) is 3.68. The van der Waals surface area contributed by atoms with Crippen molar-refractivity contribution >= 4 is 28.9 Å². The summed E-state index contributed by atoms with van der Waals surface area (Å²) >= 11 is 0. The van der Waals surface area contributed by atoms with Crippen molar-refractivity contribution in [3.8, 4) is 0 Å². The molecule has 0 spiro atoms. The van der Waals surface area contributed by atoms with Gasteiger partial charge in [0.15, 0.2) is 0 Å². The van der Waals surface area contributed by atoms with Crippen molar-refractivity contribution in [2.45, 2.75) is 0 Å². The lowest BCUT2D eigenvalue weighted by molar-refractivity contribution is -0.138. The summed E-state index contributed by atoms with van der Waals surface area (Å²) in [5, 5.41) is 16.9. The zero-order chi connectivity index (χ0) is 9.84. The predicted molar refractivity (Wildman–Crippen MR) is 53.0 cm³/mol. The van der Waals surface area contributed by atoms with E-state index in [-0.39, 0.29) is 30.1 Å². The molecule has 0 saturated heterocycles. The molecule has 0 saturated carbocycles. The van der Waals surface area contributed by atoms with Gasteiger partial charge in [-0.1, -0.05) is 0 Å². The molecule has 0 aromatic heterocycles. The molecule has 0 bridgehead atoms. The van der Waals surface area contributed by atoms with Gasteiger partial charge in [0.2, 0.25) is 0 Å². The van der Waals surface area contributed by atoms with Gasteiger partial charge >= 0.3 is 11.9 Å². The lowest BCUT2D eigenvalue weighted by Gasteiger charge is -2.17. The molecule has 0 amide bonds. The minimum atomic E-state index is -0.929. The summed E-state index contributed by atoms with van der Waals surface area (Å²) in [5.41, 5.74) is 0. The summed E-state index contributed by atoms with van der Waals surface area (Å²) in [6, 6.07) is 0. The third-order valence-electron chi connectivity index (χ3n) is 1.53. The van der Waals surface area contributed by atoms with Crippen molar-refractivity contribution in [1.82, 2.24) is 9.80 Å². The van der Waals surface area contributed by atoms with Crippen LogP contribution in [-0.2, 0) is 9.59 Å². The van der Waals surface area contributed by atoms with Gasteiger partial charge < -0.3 is 20.0 Å². The monoisotopic (exact) mass is 266 g/mol. The fourth-order valence-corrected chi connectivity index (χ4v) is 1.07. The van der Waals surface area contributed by atoms with Crippen molar-refractivity contribution < 1.29 is 19.8 Å². The molecule has 1 heterocycles. The van der Waals surface area contributed by atoms with Crippen LogP contribution in [0.5, 0.6) is 0 Å². The highest BCUT2D eigenvalue weighted by Crippen LogP contribution is 2.04. The van der Waals surface area contributed by atoms with E-state index < -0.39 is 11.9 Å². The fraction of sp³-hybridized carbons (Fsp3) is 0.429. The maximum atomic E-state index is 10.3. The molecule has 80 valence electrons. The molecule has 2 N–H and O–H groups in total. The lowest BCUT2D eigenvalue weighted by atomic mass is 10.6. The van der Waals surface area contributed by atoms with Crippen LogP contribution in [0.3, 0.4) is 0 Å². The molecule has 0 fully saturated rings. The molecule has 0 atom stereocenters. The number of halogens is 1. The highest BCUT2D eigenvalue weighted by Gasteiger charge is 2.15. The van der Waals surface area contributed by atoms with Crippen molar-refractivity contribution in [2.24, 2.45) is 0 Å². The number of hydrogen-bond donors (Lipinski definition) is 2. The molecule has 7 heteroatoms. The Balaban J connectivity index is 0.00000169. The van der Waals surface area contributed by atoms with E-state index in [0.717, 1.165) is 0 Å². The summed E-state index contributed by atoms with van der Waals surface area (Å²) in [5.74, 6) is -1.86. The van der Waals surface area contributed by atoms with Gasteiger partial charge in [-0.25, -0.2) is 0 Å². The Morgan fingerprint density at radius 1 is 1.07 bits per heavy atom. The van der Waals surface area contributed by atoms with E-state index in [9.17, 15) is 9.59 Å². The van der Waals surface area contributed by atoms with Crippen LogP contribution in [0, 0.1) is 0 Å². The Labute approximate surface area is 91.2 Å². The Morgan fingerprint density at radius 3 is 1.71 bits per heavy atom. The highest BCUT2D eigenvalue weighted by atomic mass is 79.9. The molecule has 14 heavy (non-hydrogen) atoms. The average Bonchev–Trinajstić information content (AvgIpc) is 2.33. The smallest absolute Gasteiger partial charge is 0.323 e. The van der Waals surface area contributed by atoms with Crippen LogP contribution in [0.4, 0.5) is 0 Å². The van der Waals surface area contributed by atoms with Gasteiger partial charge in [-0.3, -0.25) is 9.59 Å². The molecule has 0 radical (unpaired) electrons. The quantitative estimate of drug-likeness (QED) is 0.733. The summed E-state index contributed by atoms with van der Waals surface area (Å²) in [7, 11) is 0. The van der Waals surface area contributed by atoms with Crippen molar-refractivity contribution in [3.63, 3.8) is 0 Å². The minimum absolute atomic E-state index is 0. The van der Waals surface area contributed by atoms with Crippen molar-refractivity contribution in [1.29, 1.82) is 0 Å². The number of carboxylic acid groups (broad SMARTS) is 2. The van der Waals surface area contributed by atoms with Crippen molar-refractivity contribution in [3.05, 3.63) is 12.4 Å². The number of hydrogen-bond acceptors (Lipinski definition) is 4. The first kappa shape index (κ1) is 12.8. The second kappa shape index (κ2) is 5.48. The van der Waals surface area contributed by atoms with E-state index in [1.165, 1.54) is 9.80 Å². The number of aliphatic carboxylic acids is 2.